The number of H-pyrrole nitrogens is 1. The molecule has 3 N–H and O–H groups in total. The van der Waals surface area contributed by atoms with Gasteiger partial charge in [-0.25, -0.2) is 0 Å². The van der Waals surface area contributed by atoms with Gasteiger partial charge in [-0.2, -0.15) is 0 Å². The number of nitrogens with zero attached hydrogens (tertiary/aromatic N) is 2. The Hall–Kier alpha value is -4.59. The van der Waals surface area contributed by atoms with Gasteiger partial charge in [-0.1, -0.05) is 48.5 Å². The van der Waals surface area contributed by atoms with Crippen LogP contribution in [0.25, 0.3) is 22.2 Å². The normalized spacial score (nSPS) is 17.3. The first-order valence-corrected chi connectivity index (χ1v) is 13.7. The lowest BCUT2D eigenvalue weighted by atomic mass is 9.93. The molecule has 0 spiro atoms. The van der Waals surface area contributed by atoms with E-state index >= 15 is 0 Å². The molecule has 2 aliphatic heterocycles. The van der Waals surface area contributed by atoms with Gasteiger partial charge in [0.1, 0.15) is 5.75 Å². The number of likely N-dealkylation sites (tertiary alicyclic amines) is 1. The maximum atomic E-state index is 13.8. The van der Waals surface area contributed by atoms with Gasteiger partial charge < -0.3 is 25.3 Å². The second-order valence-corrected chi connectivity index (χ2v) is 10.5. The summed E-state index contributed by atoms with van der Waals surface area (Å²) in [6, 6.07) is 23.3. The van der Waals surface area contributed by atoms with Gasteiger partial charge in [0.15, 0.2) is 0 Å². The van der Waals surface area contributed by atoms with Crippen LogP contribution in [-0.2, 0) is 9.59 Å². The van der Waals surface area contributed by atoms with Gasteiger partial charge in [-0.05, 0) is 42.7 Å². The summed E-state index contributed by atoms with van der Waals surface area (Å²) in [5.74, 6) is 0.161. The fraction of sp³-hybridized carbons (Fsp3) is 0.281. The third-order valence-corrected chi connectivity index (χ3v) is 8.25. The van der Waals surface area contributed by atoms with Crippen LogP contribution in [0.15, 0.2) is 72.8 Å². The van der Waals surface area contributed by atoms with Crippen molar-refractivity contribution in [3.8, 4) is 17.0 Å². The summed E-state index contributed by atoms with van der Waals surface area (Å²) in [5.41, 5.74) is 10.9. The number of fused-ring (bicyclic) bond motifs is 2. The molecule has 0 radical (unpaired) electrons. The molecule has 4 aromatic rings. The van der Waals surface area contributed by atoms with Gasteiger partial charge in [0.2, 0.25) is 11.8 Å². The number of benzene rings is 3. The zero-order valence-electron chi connectivity index (χ0n) is 22.4. The number of nitrogens with one attached hydrogen (secondary N) is 1. The predicted molar refractivity (Wildman–Crippen MR) is 153 cm³/mol. The van der Waals surface area contributed by atoms with Crippen LogP contribution in [0.2, 0.25) is 0 Å². The molecule has 6 rings (SSSR count). The molecule has 0 aliphatic carbocycles. The van der Waals surface area contributed by atoms with E-state index in [1.54, 1.807) is 12.0 Å². The molecular formula is C32H32N4O4. The standard InChI is InChI=1S/C32H32N4O4/c1-40-22-8-6-7-21(19-22)29-28(25-11-4-5-12-26(25)34-29)30-23-9-2-3-10-24(23)32(39)36(30)18-15-27(37)35-16-13-20(14-17-35)31(33)38/h2-12,19-20,30,34H,13-18H2,1H3,(H2,33,38). The number of methoxy groups -OCH3 is 1. The Kier molecular flexibility index (Phi) is 6.76. The van der Waals surface area contributed by atoms with Crippen molar-refractivity contribution in [1.29, 1.82) is 0 Å². The van der Waals surface area contributed by atoms with E-state index in [0.29, 0.717) is 31.5 Å². The number of carbonyl (C=O) groups excluding carboxylic acids is 3. The van der Waals surface area contributed by atoms with Crippen molar-refractivity contribution in [3.63, 3.8) is 0 Å². The first-order chi connectivity index (χ1) is 19.5. The highest BCUT2D eigenvalue weighted by Crippen LogP contribution is 2.45. The Morgan fingerprint density at radius 3 is 2.52 bits per heavy atom. The van der Waals surface area contributed by atoms with Crippen molar-refractivity contribution in [2.45, 2.75) is 25.3 Å². The maximum Gasteiger partial charge on any atom is 0.255 e. The Bertz CT molecular complexity index is 1600. The van der Waals surface area contributed by atoms with E-state index in [4.69, 9.17) is 10.5 Å². The van der Waals surface area contributed by atoms with Crippen LogP contribution in [0.4, 0.5) is 0 Å². The summed E-state index contributed by atoms with van der Waals surface area (Å²) in [6.45, 7) is 1.29. The van der Waals surface area contributed by atoms with Crippen molar-refractivity contribution in [2.75, 3.05) is 26.7 Å². The molecule has 0 saturated carbocycles. The highest BCUT2D eigenvalue weighted by molar-refractivity contribution is 6.02. The summed E-state index contributed by atoms with van der Waals surface area (Å²) in [6.07, 6.45) is 1.36. The zero-order valence-corrected chi connectivity index (χ0v) is 22.4. The molecule has 1 fully saturated rings. The Balaban J connectivity index is 1.37. The maximum absolute atomic E-state index is 13.8. The summed E-state index contributed by atoms with van der Waals surface area (Å²) in [7, 11) is 1.65. The fourth-order valence-electron chi connectivity index (χ4n) is 6.15. The number of rotatable bonds is 7. The van der Waals surface area contributed by atoms with Gasteiger partial charge in [-0.3, -0.25) is 14.4 Å². The van der Waals surface area contributed by atoms with Crippen molar-refractivity contribution in [3.05, 3.63) is 89.5 Å². The van der Waals surface area contributed by atoms with Crippen LogP contribution in [-0.4, -0.2) is 59.2 Å². The number of carbonyl (C=O) groups is 3. The lowest BCUT2D eigenvalue weighted by Crippen LogP contribution is -2.43. The smallest absolute Gasteiger partial charge is 0.255 e. The molecule has 3 aromatic carbocycles. The first-order valence-electron chi connectivity index (χ1n) is 13.7. The molecule has 40 heavy (non-hydrogen) atoms. The van der Waals surface area contributed by atoms with E-state index in [1.165, 1.54) is 0 Å². The van der Waals surface area contributed by atoms with Crippen molar-refractivity contribution >= 4 is 28.6 Å². The fourth-order valence-corrected chi connectivity index (χ4v) is 6.15. The summed E-state index contributed by atoms with van der Waals surface area (Å²) in [4.78, 5) is 45.8. The minimum atomic E-state index is -0.366. The number of nitrogens with two attached hydrogens (primary N) is 1. The highest BCUT2D eigenvalue weighted by Gasteiger charge is 2.40. The van der Waals surface area contributed by atoms with E-state index in [0.717, 1.165) is 39.0 Å². The third-order valence-electron chi connectivity index (χ3n) is 8.25. The summed E-state index contributed by atoms with van der Waals surface area (Å²) < 4.78 is 5.51. The summed E-state index contributed by atoms with van der Waals surface area (Å²) in [5, 5.41) is 1.03. The van der Waals surface area contributed by atoms with Gasteiger partial charge >= 0.3 is 0 Å². The third kappa shape index (κ3) is 4.49. The number of piperidine rings is 1. The number of primary amides is 1. The molecule has 8 heteroatoms. The topological polar surface area (TPSA) is 109 Å². The molecule has 8 nitrogen and oxygen atoms in total. The van der Waals surface area contributed by atoms with Gasteiger partial charge in [0.25, 0.3) is 5.91 Å². The van der Waals surface area contributed by atoms with E-state index in [-0.39, 0.29) is 42.6 Å². The molecule has 2 aliphatic rings. The molecule has 204 valence electrons. The average Bonchev–Trinajstić information content (AvgIpc) is 3.50. The van der Waals surface area contributed by atoms with Crippen molar-refractivity contribution in [2.24, 2.45) is 11.7 Å². The Morgan fingerprint density at radius 1 is 1.00 bits per heavy atom. The van der Waals surface area contributed by atoms with Gasteiger partial charge in [0, 0.05) is 59.6 Å². The lowest BCUT2D eigenvalue weighted by molar-refractivity contribution is -0.135. The van der Waals surface area contributed by atoms with Crippen LogP contribution in [0, 0.1) is 5.92 Å². The molecular weight excluding hydrogens is 504 g/mol. The number of ether oxygens (including phenoxy) is 1. The molecule has 1 saturated heterocycles. The average molecular weight is 537 g/mol. The van der Waals surface area contributed by atoms with Crippen LogP contribution < -0.4 is 10.5 Å². The second-order valence-electron chi connectivity index (χ2n) is 10.5. The van der Waals surface area contributed by atoms with Crippen LogP contribution in [0.1, 0.15) is 46.8 Å². The van der Waals surface area contributed by atoms with E-state index < -0.39 is 0 Å². The predicted octanol–water partition coefficient (Wildman–Crippen LogP) is 4.50. The number of amides is 3. The van der Waals surface area contributed by atoms with Gasteiger partial charge in [-0.15, -0.1) is 0 Å². The monoisotopic (exact) mass is 536 g/mol. The first kappa shape index (κ1) is 25.7. The van der Waals surface area contributed by atoms with E-state index in [1.807, 2.05) is 71.6 Å². The minimum Gasteiger partial charge on any atom is -0.497 e. The molecule has 3 amide bonds. The quantitative estimate of drug-likeness (QED) is 0.362. The number of aromatic amines is 1. The Labute approximate surface area is 232 Å². The summed E-state index contributed by atoms with van der Waals surface area (Å²) >= 11 is 0. The molecule has 1 atom stereocenters. The number of hydrogen-bond acceptors (Lipinski definition) is 4. The zero-order chi connectivity index (χ0) is 27.8. The van der Waals surface area contributed by atoms with Gasteiger partial charge in [0.05, 0.1) is 18.8 Å². The SMILES string of the molecule is COc1cccc(-c2[nH]c3ccccc3c2C2c3ccccc3C(=O)N2CCC(=O)N2CCC(C(N)=O)CC2)c1. The second kappa shape index (κ2) is 10.5. The molecule has 1 aromatic heterocycles. The van der Waals surface area contributed by atoms with Crippen LogP contribution >= 0.6 is 0 Å². The van der Waals surface area contributed by atoms with Crippen molar-refractivity contribution < 1.29 is 19.1 Å². The molecule has 0 bridgehead atoms. The minimum absolute atomic E-state index is 0.0163. The van der Waals surface area contributed by atoms with E-state index in [2.05, 4.69) is 11.1 Å². The van der Waals surface area contributed by atoms with Crippen LogP contribution in [0.5, 0.6) is 5.75 Å². The van der Waals surface area contributed by atoms with Crippen molar-refractivity contribution in [1.82, 2.24) is 14.8 Å². The Morgan fingerprint density at radius 2 is 1.75 bits per heavy atom. The number of aromatic nitrogens is 1. The van der Waals surface area contributed by atoms with E-state index in [9.17, 15) is 14.4 Å². The lowest BCUT2D eigenvalue weighted by Gasteiger charge is -2.32. The van der Waals surface area contributed by atoms with Crippen LogP contribution in [0.3, 0.4) is 0 Å². The number of para-hydroxylation sites is 1. The molecule has 1 unspecified atom stereocenters. The number of hydrogen-bond donors (Lipinski definition) is 2. The largest absolute Gasteiger partial charge is 0.497 e. The molecule has 3 heterocycles. The highest BCUT2D eigenvalue weighted by atomic mass is 16.5.